The molecule has 0 atom stereocenters. The average molecular weight is 276 g/mol. The SMILES string of the molecule is C1COCCO1.O=C(O)CCCCCCCC(=O)O. The fourth-order valence-electron chi connectivity index (χ4n) is 1.52. The third-order valence-corrected chi connectivity index (χ3v) is 2.53. The highest BCUT2D eigenvalue weighted by Gasteiger charge is 1.98. The van der Waals surface area contributed by atoms with Gasteiger partial charge in [0, 0.05) is 12.8 Å². The van der Waals surface area contributed by atoms with Gasteiger partial charge in [-0.25, -0.2) is 0 Å². The van der Waals surface area contributed by atoms with Crippen LogP contribution in [-0.4, -0.2) is 48.6 Å². The molecule has 0 aromatic heterocycles. The van der Waals surface area contributed by atoms with E-state index < -0.39 is 11.9 Å². The second-order valence-electron chi connectivity index (χ2n) is 4.28. The topological polar surface area (TPSA) is 93.1 Å². The fraction of sp³-hybridized carbons (Fsp3) is 0.846. The number of carbonyl (C=O) groups is 2. The predicted molar refractivity (Wildman–Crippen MR) is 69.2 cm³/mol. The highest BCUT2D eigenvalue weighted by molar-refractivity contribution is 5.66. The number of ether oxygens (including phenoxy) is 2. The van der Waals surface area contributed by atoms with Crippen LogP contribution in [0, 0.1) is 0 Å². The van der Waals surface area contributed by atoms with Crippen LogP contribution < -0.4 is 0 Å². The molecule has 0 aromatic carbocycles. The first-order chi connectivity index (χ1) is 9.13. The average Bonchev–Trinajstić information content (AvgIpc) is 2.40. The van der Waals surface area contributed by atoms with Crippen molar-refractivity contribution in [2.24, 2.45) is 0 Å². The first-order valence-electron chi connectivity index (χ1n) is 6.72. The monoisotopic (exact) mass is 276 g/mol. The van der Waals surface area contributed by atoms with Crippen LogP contribution in [0.5, 0.6) is 0 Å². The maximum Gasteiger partial charge on any atom is 0.303 e. The molecule has 6 heteroatoms. The number of hydrogen-bond acceptors (Lipinski definition) is 4. The Morgan fingerprint density at radius 2 is 1.00 bits per heavy atom. The number of hydrogen-bond donors (Lipinski definition) is 2. The van der Waals surface area contributed by atoms with Crippen LogP contribution in [0.2, 0.25) is 0 Å². The zero-order chi connectivity index (χ0) is 14.3. The molecular weight excluding hydrogens is 252 g/mol. The summed E-state index contributed by atoms with van der Waals surface area (Å²) in [6.07, 6.45) is 4.53. The molecule has 1 aliphatic rings. The van der Waals surface area contributed by atoms with Crippen LogP contribution in [0.3, 0.4) is 0 Å². The number of aliphatic carboxylic acids is 2. The first-order valence-corrected chi connectivity index (χ1v) is 6.72. The van der Waals surface area contributed by atoms with Crippen molar-refractivity contribution in [3.8, 4) is 0 Å². The lowest BCUT2D eigenvalue weighted by molar-refractivity contribution is -0.138. The molecular formula is C13H24O6. The van der Waals surface area contributed by atoms with Gasteiger partial charge < -0.3 is 19.7 Å². The molecule has 0 saturated carbocycles. The van der Waals surface area contributed by atoms with Crippen molar-refractivity contribution in [2.75, 3.05) is 26.4 Å². The van der Waals surface area contributed by atoms with E-state index in [0.717, 1.165) is 45.7 Å². The molecule has 0 spiro atoms. The lowest BCUT2D eigenvalue weighted by Gasteiger charge is -2.09. The Morgan fingerprint density at radius 1 is 0.684 bits per heavy atom. The highest BCUT2D eigenvalue weighted by atomic mass is 16.6. The van der Waals surface area contributed by atoms with E-state index in [1.54, 1.807) is 0 Å². The number of rotatable bonds is 8. The van der Waals surface area contributed by atoms with Crippen LogP contribution in [0.15, 0.2) is 0 Å². The Kier molecular flexibility index (Phi) is 12.5. The number of carboxylic acid groups (broad SMARTS) is 2. The summed E-state index contributed by atoms with van der Waals surface area (Å²) in [7, 11) is 0. The maximum atomic E-state index is 10.1. The van der Waals surface area contributed by atoms with E-state index in [4.69, 9.17) is 19.7 Å². The van der Waals surface area contributed by atoms with Gasteiger partial charge in [0.25, 0.3) is 0 Å². The minimum absolute atomic E-state index is 0.221. The second-order valence-corrected chi connectivity index (χ2v) is 4.28. The summed E-state index contributed by atoms with van der Waals surface area (Å²) in [5.41, 5.74) is 0. The Morgan fingerprint density at radius 3 is 1.26 bits per heavy atom. The van der Waals surface area contributed by atoms with Crippen molar-refractivity contribution in [1.82, 2.24) is 0 Å². The summed E-state index contributed by atoms with van der Waals surface area (Å²) >= 11 is 0. The molecule has 112 valence electrons. The molecule has 1 saturated heterocycles. The molecule has 1 aliphatic heterocycles. The van der Waals surface area contributed by atoms with Gasteiger partial charge in [-0.2, -0.15) is 0 Å². The van der Waals surface area contributed by atoms with E-state index in [-0.39, 0.29) is 12.8 Å². The van der Waals surface area contributed by atoms with E-state index in [1.807, 2.05) is 0 Å². The van der Waals surface area contributed by atoms with Crippen LogP contribution >= 0.6 is 0 Å². The second kappa shape index (κ2) is 13.3. The van der Waals surface area contributed by atoms with Crippen LogP contribution in [0.1, 0.15) is 44.9 Å². The van der Waals surface area contributed by atoms with Gasteiger partial charge in [-0.1, -0.05) is 19.3 Å². The van der Waals surface area contributed by atoms with Gasteiger partial charge in [-0.15, -0.1) is 0 Å². The quantitative estimate of drug-likeness (QED) is 0.658. The Balaban J connectivity index is 0.000000443. The van der Waals surface area contributed by atoms with Gasteiger partial charge >= 0.3 is 11.9 Å². The van der Waals surface area contributed by atoms with Crippen molar-refractivity contribution in [2.45, 2.75) is 44.9 Å². The van der Waals surface area contributed by atoms with Gasteiger partial charge in [0.1, 0.15) is 0 Å². The third kappa shape index (κ3) is 16.9. The maximum absolute atomic E-state index is 10.1. The smallest absolute Gasteiger partial charge is 0.303 e. The molecule has 0 unspecified atom stereocenters. The standard InChI is InChI=1S/C9H16O4.C4H8O2/c10-8(11)6-4-2-1-3-5-7-9(12)13;1-2-6-4-3-5-1/h1-7H2,(H,10,11)(H,12,13);1-4H2. The predicted octanol–water partition coefficient (Wildman–Crippen LogP) is 1.92. The van der Waals surface area contributed by atoms with Gasteiger partial charge in [0.15, 0.2) is 0 Å². The first kappa shape index (κ1) is 17.9. The molecule has 0 bridgehead atoms. The molecule has 0 aliphatic carbocycles. The summed E-state index contributed by atoms with van der Waals surface area (Å²) in [5.74, 6) is -1.52. The fourth-order valence-corrected chi connectivity index (χ4v) is 1.52. The van der Waals surface area contributed by atoms with Gasteiger partial charge in [-0.05, 0) is 12.8 Å². The van der Waals surface area contributed by atoms with E-state index in [2.05, 4.69) is 0 Å². The Hall–Kier alpha value is -1.14. The summed E-state index contributed by atoms with van der Waals surface area (Å²) in [4.78, 5) is 20.2. The van der Waals surface area contributed by atoms with Crippen molar-refractivity contribution in [3.05, 3.63) is 0 Å². The van der Waals surface area contributed by atoms with Crippen LogP contribution in [-0.2, 0) is 19.1 Å². The zero-order valence-electron chi connectivity index (χ0n) is 11.3. The van der Waals surface area contributed by atoms with Crippen LogP contribution in [0.25, 0.3) is 0 Å². The largest absolute Gasteiger partial charge is 0.481 e. The lowest BCUT2D eigenvalue weighted by atomic mass is 10.1. The summed E-state index contributed by atoms with van der Waals surface area (Å²) in [6.45, 7) is 3.11. The van der Waals surface area contributed by atoms with Crippen LogP contribution in [0.4, 0.5) is 0 Å². The van der Waals surface area contributed by atoms with Crippen molar-refractivity contribution in [1.29, 1.82) is 0 Å². The summed E-state index contributed by atoms with van der Waals surface area (Å²) < 4.78 is 9.89. The summed E-state index contributed by atoms with van der Waals surface area (Å²) in [5, 5.41) is 16.6. The minimum Gasteiger partial charge on any atom is -0.481 e. The van der Waals surface area contributed by atoms with Crippen molar-refractivity contribution < 1.29 is 29.3 Å². The number of unbranched alkanes of at least 4 members (excludes halogenated alkanes) is 4. The number of carboxylic acids is 2. The summed E-state index contributed by atoms with van der Waals surface area (Å²) in [6, 6.07) is 0. The van der Waals surface area contributed by atoms with E-state index in [9.17, 15) is 9.59 Å². The molecule has 1 fully saturated rings. The molecule has 6 nitrogen and oxygen atoms in total. The van der Waals surface area contributed by atoms with E-state index in [1.165, 1.54) is 0 Å². The molecule has 1 heterocycles. The van der Waals surface area contributed by atoms with Crippen molar-refractivity contribution in [3.63, 3.8) is 0 Å². The highest BCUT2D eigenvalue weighted by Crippen LogP contribution is 2.06. The Bertz CT molecular complexity index is 208. The normalized spacial score (nSPS) is 14.3. The molecule has 0 aromatic rings. The van der Waals surface area contributed by atoms with Gasteiger partial charge in [0.05, 0.1) is 26.4 Å². The molecule has 2 N–H and O–H groups in total. The van der Waals surface area contributed by atoms with Gasteiger partial charge in [-0.3, -0.25) is 9.59 Å². The van der Waals surface area contributed by atoms with E-state index >= 15 is 0 Å². The minimum atomic E-state index is -0.759. The van der Waals surface area contributed by atoms with E-state index in [0.29, 0.717) is 12.8 Å². The van der Waals surface area contributed by atoms with Gasteiger partial charge in [0.2, 0.25) is 0 Å². The molecule has 19 heavy (non-hydrogen) atoms. The zero-order valence-corrected chi connectivity index (χ0v) is 11.3. The third-order valence-electron chi connectivity index (χ3n) is 2.53. The molecule has 0 radical (unpaired) electrons. The van der Waals surface area contributed by atoms with Crippen molar-refractivity contribution >= 4 is 11.9 Å². The molecule has 1 rings (SSSR count). The Labute approximate surface area is 113 Å². The lowest BCUT2D eigenvalue weighted by Crippen LogP contribution is -2.16. The molecule has 0 amide bonds.